The van der Waals surface area contributed by atoms with Crippen LogP contribution in [-0.4, -0.2) is 30.9 Å². The number of hydrogen-bond donors (Lipinski definition) is 2. The second-order valence-electron chi connectivity index (χ2n) is 5.38. The zero-order chi connectivity index (χ0) is 14.2. The number of carbonyl (C=O) groups excluding carboxylic acids is 1. The lowest BCUT2D eigenvalue weighted by Gasteiger charge is -2.22. The van der Waals surface area contributed by atoms with E-state index in [0.717, 1.165) is 36.3 Å². The van der Waals surface area contributed by atoms with Crippen LogP contribution < -0.4 is 10.6 Å². The van der Waals surface area contributed by atoms with Gasteiger partial charge < -0.3 is 10.6 Å². The maximum Gasteiger partial charge on any atom is 0.251 e. The summed E-state index contributed by atoms with van der Waals surface area (Å²) in [5.74, 6) is 0.857. The smallest absolute Gasteiger partial charge is 0.251 e. The van der Waals surface area contributed by atoms with Gasteiger partial charge in [0.2, 0.25) is 0 Å². The summed E-state index contributed by atoms with van der Waals surface area (Å²) in [5.41, 5.74) is 2.05. The highest BCUT2D eigenvalue weighted by Gasteiger charge is 2.13. The van der Waals surface area contributed by atoms with Crippen molar-refractivity contribution in [3.8, 4) is 0 Å². The van der Waals surface area contributed by atoms with Gasteiger partial charge in [-0.05, 0) is 62.4 Å². The molecule has 0 saturated carbocycles. The number of halogens is 1. The molecule has 0 aliphatic carbocycles. The van der Waals surface area contributed by atoms with E-state index in [2.05, 4.69) is 32.6 Å². The molecule has 0 aromatic heterocycles. The maximum atomic E-state index is 11.9. The number of hydrogen-bond acceptors (Lipinski definition) is 2. The molecule has 1 saturated heterocycles. The van der Waals surface area contributed by atoms with E-state index in [1.807, 2.05) is 18.2 Å². The Morgan fingerprint density at radius 1 is 1.35 bits per heavy atom. The van der Waals surface area contributed by atoms with Gasteiger partial charge in [-0.2, -0.15) is 0 Å². The molecule has 1 aromatic rings. The highest BCUT2D eigenvalue weighted by Crippen LogP contribution is 2.19. The molecule has 1 heterocycles. The Balaban J connectivity index is 1.86. The van der Waals surface area contributed by atoms with E-state index in [1.54, 1.807) is 0 Å². The van der Waals surface area contributed by atoms with Gasteiger partial charge in [0.25, 0.3) is 5.91 Å². The zero-order valence-corrected chi connectivity index (χ0v) is 13.4. The number of aryl methyl sites for hydroxylation is 1. The van der Waals surface area contributed by atoms with E-state index in [-0.39, 0.29) is 5.91 Å². The first kappa shape index (κ1) is 15.5. The third kappa shape index (κ3) is 4.91. The first-order valence-corrected chi connectivity index (χ1v) is 8.55. The SMILES string of the molecule is O=C(NCCBr)c1cccc(CCC2CCNCC2)c1. The fraction of sp³-hybridized carbons (Fsp3) is 0.562. The van der Waals surface area contributed by atoms with Gasteiger partial charge in [0, 0.05) is 17.4 Å². The van der Waals surface area contributed by atoms with Gasteiger partial charge in [-0.25, -0.2) is 0 Å². The van der Waals surface area contributed by atoms with E-state index >= 15 is 0 Å². The topological polar surface area (TPSA) is 41.1 Å². The van der Waals surface area contributed by atoms with Crippen LogP contribution in [0.25, 0.3) is 0 Å². The van der Waals surface area contributed by atoms with Crippen LogP contribution in [-0.2, 0) is 6.42 Å². The van der Waals surface area contributed by atoms with E-state index in [1.165, 1.54) is 24.8 Å². The monoisotopic (exact) mass is 338 g/mol. The minimum absolute atomic E-state index is 0.0215. The van der Waals surface area contributed by atoms with Crippen molar-refractivity contribution in [2.45, 2.75) is 25.7 Å². The summed E-state index contributed by atoms with van der Waals surface area (Å²) in [5, 5.41) is 7.07. The van der Waals surface area contributed by atoms with Crippen LogP contribution in [0.15, 0.2) is 24.3 Å². The largest absolute Gasteiger partial charge is 0.351 e. The summed E-state index contributed by atoms with van der Waals surface area (Å²) in [6.45, 7) is 2.97. The van der Waals surface area contributed by atoms with Gasteiger partial charge in [-0.1, -0.05) is 28.1 Å². The normalized spacial score (nSPS) is 16.1. The third-order valence-corrected chi connectivity index (χ3v) is 4.27. The zero-order valence-electron chi connectivity index (χ0n) is 11.8. The van der Waals surface area contributed by atoms with Crippen LogP contribution in [0.5, 0.6) is 0 Å². The number of amides is 1. The lowest BCUT2D eigenvalue weighted by molar-refractivity contribution is 0.0956. The van der Waals surface area contributed by atoms with Crippen LogP contribution in [0.3, 0.4) is 0 Å². The first-order valence-electron chi connectivity index (χ1n) is 7.43. The van der Waals surface area contributed by atoms with Crippen molar-refractivity contribution in [3.05, 3.63) is 35.4 Å². The highest BCUT2D eigenvalue weighted by atomic mass is 79.9. The Bertz CT molecular complexity index is 430. The van der Waals surface area contributed by atoms with Crippen LogP contribution in [0.4, 0.5) is 0 Å². The van der Waals surface area contributed by atoms with Crippen molar-refractivity contribution in [3.63, 3.8) is 0 Å². The Hall–Kier alpha value is -0.870. The van der Waals surface area contributed by atoms with Crippen molar-refractivity contribution in [2.24, 2.45) is 5.92 Å². The third-order valence-electron chi connectivity index (χ3n) is 3.87. The van der Waals surface area contributed by atoms with Gasteiger partial charge in [-0.3, -0.25) is 4.79 Å². The average molecular weight is 339 g/mol. The molecule has 0 unspecified atom stereocenters. The molecule has 20 heavy (non-hydrogen) atoms. The standard InChI is InChI=1S/C16H23BrN2O/c17-8-11-19-16(20)15-3-1-2-14(12-15)5-4-13-6-9-18-10-7-13/h1-3,12-13,18H,4-11H2,(H,19,20). The van der Waals surface area contributed by atoms with Crippen LogP contribution >= 0.6 is 15.9 Å². The lowest BCUT2D eigenvalue weighted by Crippen LogP contribution is -2.28. The van der Waals surface area contributed by atoms with Crippen molar-refractivity contribution in [2.75, 3.05) is 25.0 Å². The van der Waals surface area contributed by atoms with E-state index in [4.69, 9.17) is 0 Å². The Labute approximate surface area is 129 Å². The van der Waals surface area contributed by atoms with Crippen LogP contribution in [0, 0.1) is 5.92 Å². The molecule has 110 valence electrons. The summed E-state index contributed by atoms with van der Waals surface area (Å²) >= 11 is 3.31. The van der Waals surface area contributed by atoms with Crippen molar-refractivity contribution in [1.29, 1.82) is 0 Å². The first-order chi connectivity index (χ1) is 9.79. The van der Waals surface area contributed by atoms with Crippen LogP contribution in [0.2, 0.25) is 0 Å². The molecule has 3 nitrogen and oxygen atoms in total. The van der Waals surface area contributed by atoms with Crippen LogP contribution in [0.1, 0.15) is 35.2 Å². The van der Waals surface area contributed by atoms with Gasteiger partial charge >= 0.3 is 0 Å². The quantitative estimate of drug-likeness (QED) is 0.783. The molecule has 1 fully saturated rings. The average Bonchev–Trinajstić information content (AvgIpc) is 2.52. The molecule has 2 N–H and O–H groups in total. The maximum absolute atomic E-state index is 11.9. The summed E-state index contributed by atoms with van der Waals surface area (Å²) in [6, 6.07) is 8.03. The minimum Gasteiger partial charge on any atom is -0.351 e. The predicted octanol–water partition coefficient (Wildman–Crippen LogP) is 2.74. The van der Waals surface area contributed by atoms with Gasteiger partial charge in [0.05, 0.1) is 0 Å². The molecule has 2 rings (SSSR count). The molecule has 1 amide bonds. The molecule has 1 aliphatic heterocycles. The van der Waals surface area contributed by atoms with Gasteiger partial charge in [0.1, 0.15) is 0 Å². The molecular weight excluding hydrogens is 316 g/mol. The number of rotatable bonds is 6. The lowest BCUT2D eigenvalue weighted by atomic mass is 9.91. The summed E-state index contributed by atoms with van der Waals surface area (Å²) in [6.07, 6.45) is 4.87. The molecule has 4 heteroatoms. The minimum atomic E-state index is 0.0215. The Kier molecular flexibility index (Phi) is 6.54. The van der Waals surface area contributed by atoms with E-state index in [9.17, 15) is 4.79 Å². The molecule has 0 radical (unpaired) electrons. The number of carbonyl (C=O) groups is 1. The van der Waals surface area contributed by atoms with Gasteiger partial charge in [0.15, 0.2) is 0 Å². The predicted molar refractivity (Wildman–Crippen MR) is 86.5 cm³/mol. The molecular formula is C16H23BrN2O. The number of nitrogens with one attached hydrogen (secondary N) is 2. The molecule has 1 aliphatic rings. The highest BCUT2D eigenvalue weighted by molar-refractivity contribution is 9.09. The fourth-order valence-electron chi connectivity index (χ4n) is 2.67. The summed E-state index contributed by atoms with van der Waals surface area (Å²) < 4.78 is 0. The summed E-state index contributed by atoms with van der Waals surface area (Å²) in [4.78, 5) is 11.9. The molecule has 1 aromatic carbocycles. The van der Waals surface area contributed by atoms with Gasteiger partial charge in [-0.15, -0.1) is 0 Å². The van der Waals surface area contributed by atoms with E-state index < -0.39 is 0 Å². The van der Waals surface area contributed by atoms with E-state index in [0.29, 0.717) is 6.54 Å². The fourth-order valence-corrected chi connectivity index (χ4v) is 2.87. The molecule has 0 spiro atoms. The number of piperidine rings is 1. The Morgan fingerprint density at radius 3 is 2.90 bits per heavy atom. The number of benzene rings is 1. The van der Waals surface area contributed by atoms with Crippen molar-refractivity contribution < 1.29 is 4.79 Å². The summed E-state index contributed by atoms with van der Waals surface area (Å²) in [7, 11) is 0. The number of alkyl halides is 1. The molecule has 0 bridgehead atoms. The second kappa shape index (κ2) is 8.42. The van der Waals surface area contributed by atoms with Crippen molar-refractivity contribution >= 4 is 21.8 Å². The van der Waals surface area contributed by atoms with Crippen molar-refractivity contribution in [1.82, 2.24) is 10.6 Å². The Morgan fingerprint density at radius 2 is 2.15 bits per heavy atom. The molecule has 0 atom stereocenters. The second-order valence-corrected chi connectivity index (χ2v) is 6.17.